The van der Waals surface area contributed by atoms with Crippen molar-refractivity contribution >= 4 is 39.9 Å². The molecule has 2 aromatic rings. The summed E-state index contributed by atoms with van der Waals surface area (Å²) in [5.41, 5.74) is 0.890. The number of rotatable bonds is 7. The van der Waals surface area contributed by atoms with Gasteiger partial charge in [-0.2, -0.15) is 0 Å². The van der Waals surface area contributed by atoms with E-state index < -0.39 is 24.5 Å². The lowest BCUT2D eigenvalue weighted by atomic mass is 10.1. The van der Waals surface area contributed by atoms with Crippen molar-refractivity contribution in [1.29, 1.82) is 0 Å². The van der Waals surface area contributed by atoms with E-state index >= 15 is 0 Å². The quantitative estimate of drug-likeness (QED) is 0.362. The Morgan fingerprint density at radius 2 is 1.97 bits per heavy atom. The normalized spacial score (nSPS) is 14.6. The van der Waals surface area contributed by atoms with Gasteiger partial charge in [0.1, 0.15) is 24.7 Å². The molecule has 8 nitrogen and oxygen atoms in total. The Bertz CT molecular complexity index is 1070. The fourth-order valence-electron chi connectivity index (χ4n) is 2.80. The van der Waals surface area contributed by atoms with Gasteiger partial charge in [-0.1, -0.05) is 18.2 Å². The maximum absolute atomic E-state index is 13.8. The molecule has 31 heavy (non-hydrogen) atoms. The number of nitrogens with one attached hydrogen (secondary N) is 1. The Hall–Kier alpha value is -3.40. The molecule has 1 aliphatic heterocycles. The number of imide groups is 1. The van der Waals surface area contributed by atoms with Gasteiger partial charge in [0.25, 0.3) is 5.91 Å². The number of nitrogens with zero attached hydrogens (tertiary/aromatic N) is 1. The van der Waals surface area contributed by atoms with Crippen molar-refractivity contribution in [2.24, 2.45) is 0 Å². The fraction of sp³-hybridized carbons (Fsp3) is 0.190. The van der Waals surface area contributed by atoms with E-state index in [-0.39, 0.29) is 18.1 Å². The number of hydrogen-bond donors (Lipinski definition) is 1. The molecule has 0 bridgehead atoms. The van der Waals surface area contributed by atoms with Crippen LogP contribution in [-0.4, -0.2) is 43.6 Å². The zero-order valence-electron chi connectivity index (χ0n) is 16.6. The first kappa shape index (κ1) is 22.3. The van der Waals surface area contributed by atoms with E-state index in [0.29, 0.717) is 27.1 Å². The number of halogens is 2. The van der Waals surface area contributed by atoms with Gasteiger partial charge in [0, 0.05) is 5.56 Å². The Balaban J connectivity index is 1.83. The standard InChI is InChI=1S/C21H18BrFN2O6/c1-29-17-9-12(8-16-20(27)25(21(28)24-16)10-18(26)30-2)7-14(22)19(17)31-11-13-5-3-4-6-15(13)23/h3-9H,10-11H2,1-2H3,(H,24,28)/b16-8+. The summed E-state index contributed by atoms with van der Waals surface area (Å²) in [5, 5.41) is 2.42. The third-order valence-corrected chi connectivity index (χ3v) is 4.96. The molecular formula is C21H18BrFN2O6. The Morgan fingerprint density at radius 1 is 1.23 bits per heavy atom. The molecule has 1 saturated heterocycles. The van der Waals surface area contributed by atoms with Crippen LogP contribution in [0.25, 0.3) is 6.08 Å². The summed E-state index contributed by atoms with van der Waals surface area (Å²) in [6, 6.07) is 8.77. The van der Waals surface area contributed by atoms with Crippen LogP contribution >= 0.6 is 15.9 Å². The fourth-order valence-corrected chi connectivity index (χ4v) is 3.38. The largest absolute Gasteiger partial charge is 0.493 e. The van der Waals surface area contributed by atoms with Crippen molar-refractivity contribution in [1.82, 2.24) is 10.2 Å². The molecule has 0 aliphatic carbocycles. The second kappa shape index (κ2) is 9.61. The highest BCUT2D eigenvalue weighted by molar-refractivity contribution is 9.10. The topological polar surface area (TPSA) is 94.2 Å². The number of benzene rings is 2. The summed E-state index contributed by atoms with van der Waals surface area (Å²) in [7, 11) is 2.60. The second-order valence-electron chi connectivity index (χ2n) is 6.37. The maximum atomic E-state index is 13.8. The molecule has 0 radical (unpaired) electrons. The van der Waals surface area contributed by atoms with Gasteiger partial charge < -0.3 is 19.5 Å². The van der Waals surface area contributed by atoms with Gasteiger partial charge in [-0.15, -0.1) is 0 Å². The first-order valence-electron chi connectivity index (χ1n) is 8.99. The van der Waals surface area contributed by atoms with Gasteiger partial charge in [-0.3, -0.25) is 9.59 Å². The minimum Gasteiger partial charge on any atom is -0.493 e. The number of ether oxygens (including phenoxy) is 3. The molecule has 0 unspecified atom stereocenters. The van der Waals surface area contributed by atoms with Gasteiger partial charge in [0.15, 0.2) is 11.5 Å². The first-order valence-corrected chi connectivity index (χ1v) is 9.78. The molecule has 0 atom stereocenters. The van der Waals surface area contributed by atoms with Crippen LogP contribution < -0.4 is 14.8 Å². The van der Waals surface area contributed by atoms with Crippen LogP contribution in [0.15, 0.2) is 46.6 Å². The second-order valence-corrected chi connectivity index (χ2v) is 7.22. The number of hydrogen-bond acceptors (Lipinski definition) is 6. The smallest absolute Gasteiger partial charge is 0.329 e. The SMILES string of the molecule is COC(=O)CN1C(=O)N/C(=C/c2cc(Br)c(OCc3ccccc3F)c(OC)c2)C1=O. The predicted octanol–water partition coefficient (Wildman–Crippen LogP) is 3.24. The van der Waals surface area contributed by atoms with Crippen LogP contribution in [0.1, 0.15) is 11.1 Å². The zero-order chi connectivity index (χ0) is 22.5. The highest BCUT2D eigenvalue weighted by atomic mass is 79.9. The van der Waals surface area contributed by atoms with Crippen molar-refractivity contribution in [2.45, 2.75) is 6.61 Å². The molecule has 0 aromatic heterocycles. The van der Waals surface area contributed by atoms with Crippen molar-refractivity contribution in [3.05, 3.63) is 63.5 Å². The number of esters is 1. The summed E-state index contributed by atoms with van der Waals surface area (Å²) in [5.74, 6) is -1.08. The lowest BCUT2D eigenvalue weighted by Crippen LogP contribution is -2.36. The van der Waals surface area contributed by atoms with E-state index in [9.17, 15) is 18.8 Å². The number of methoxy groups -OCH3 is 2. The number of amides is 3. The number of urea groups is 1. The van der Waals surface area contributed by atoms with Crippen molar-refractivity contribution < 1.29 is 33.0 Å². The molecule has 0 saturated carbocycles. The zero-order valence-corrected chi connectivity index (χ0v) is 18.2. The van der Waals surface area contributed by atoms with E-state index in [1.165, 1.54) is 19.3 Å². The number of carbonyl (C=O) groups excluding carboxylic acids is 3. The third-order valence-electron chi connectivity index (χ3n) is 4.37. The van der Waals surface area contributed by atoms with Gasteiger partial charge in [0.05, 0.1) is 18.7 Å². The van der Waals surface area contributed by atoms with Gasteiger partial charge >= 0.3 is 12.0 Å². The molecule has 1 aliphatic rings. The molecular weight excluding hydrogens is 475 g/mol. The van der Waals surface area contributed by atoms with Crippen LogP contribution in [0.3, 0.4) is 0 Å². The van der Waals surface area contributed by atoms with Crippen LogP contribution in [0, 0.1) is 5.82 Å². The first-order chi connectivity index (χ1) is 14.8. The van der Waals surface area contributed by atoms with Crippen molar-refractivity contribution in [2.75, 3.05) is 20.8 Å². The van der Waals surface area contributed by atoms with Crippen LogP contribution in [-0.2, 0) is 20.9 Å². The monoisotopic (exact) mass is 492 g/mol. The van der Waals surface area contributed by atoms with Gasteiger partial charge in [-0.05, 0) is 45.8 Å². The molecule has 1 N–H and O–H groups in total. The Labute approximate surface area is 185 Å². The minimum atomic E-state index is -0.725. The molecule has 162 valence electrons. The summed E-state index contributed by atoms with van der Waals surface area (Å²) in [6.07, 6.45) is 1.44. The van der Waals surface area contributed by atoms with Crippen molar-refractivity contribution in [3.63, 3.8) is 0 Å². The van der Waals surface area contributed by atoms with Crippen LogP contribution in [0.5, 0.6) is 11.5 Å². The summed E-state index contributed by atoms with van der Waals surface area (Å²) in [6.45, 7) is -0.507. The Kier molecular flexibility index (Phi) is 6.91. The highest BCUT2D eigenvalue weighted by Crippen LogP contribution is 2.38. The van der Waals surface area contributed by atoms with Crippen LogP contribution in [0.4, 0.5) is 9.18 Å². The minimum absolute atomic E-state index is 0.0112. The maximum Gasteiger partial charge on any atom is 0.329 e. The van der Waals surface area contributed by atoms with E-state index in [2.05, 4.69) is 26.0 Å². The summed E-state index contributed by atoms with van der Waals surface area (Å²) in [4.78, 5) is 36.6. The summed E-state index contributed by atoms with van der Waals surface area (Å²) < 4.78 is 29.9. The van der Waals surface area contributed by atoms with Crippen molar-refractivity contribution in [3.8, 4) is 11.5 Å². The third kappa shape index (κ3) is 5.02. The number of carbonyl (C=O) groups is 3. The molecule has 3 amide bonds. The van der Waals surface area contributed by atoms with Gasteiger partial charge in [-0.25, -0.2) is 14.1 Å². The van der Waals surface area contributed by atoms with E-state index in [4.69, 9.17) is 9.47 Å². The van der Waals surface area contributed by atoms with Crippen LogP contribution in [0.2, 0.25) is 0 Å². The average molecular weight is 493 g/mol. The lowest BCUT2D eigenvalue weighted by Gasteiger charge is -2.14. The molecule has 10 heteroatoms. The highest BCUT2D eigenvalue weighted by Gasteiger charge is 2.35. The predicted molar refractivity (Wildman–Crippen MR) is 112 cm³/mol. The van der Waals surface area contributed by atoms with Gasteiger partial charge in [0.2, 0.25) is 0 Å². The summed E-state index contributed by atoms with van der Waals surface area (Å²) >= 11 is 3.39. The lowest BCUT2D eigenvalue weighted by molar-refractivity contribution is -0.143. The average Bonchev–Trinajstić information content (AvgIpc) is 3.00. The molecule has 3 rings (SSSR count). The van der Waals surface area contributed by atoms with E-state index in [0.717, 1.165) is 12.0 Å². The Morgan fingerprint density at radius 3 is 2.65 bits per heavy atom. The molecule has 2 aromatic carbocycles. The van der Waals surface area contributed by atoms with E-state index in [1.807, 2.05) is 0 Å². The van der Waals surface area contributed by atoms with E-state index in [1.54, 1.807) is 30.3 Å². The molecule has 0 spiro atoms. The molecule has 1 fully saturated rings. The molecule has 1 heterocycles.